The molecule has 2 aromatic heterocycles. The maximum Gasteiger partial charge on any atom is 0.258 e. The van der Waals surface area contributed by atoms with Crippen LogP contribution in [0.15, 0.2) is 47.0 Å². The van der Waals surface area contributed by atoms with Gasteiger partial charge in [-0.1, -0.05) is 28.1 Å². The van der Waals surface area contributed by atoms with Crippen LogP contribution in [0.3, 0.4) is 0 Å². The van der Waals surface area contributed by atoms with Gasteiger partial charge in [0.25, 0.3) is 5.89 Å². The third-order valence-electron chi connectivity index (χ3n) is 4.43. The Morgan fingerprint density at radius 1 is 0.963 bits per heavy atom. The van der Waals surface area contributed by atoms with Gasteiger partial charge in [-0.15, -0.1) is 5.10 Å². The highest BCUT2D eigenvalue weighted by molar-refractivity contribution is 5.63. The number of nitrogens with zero attached hydrogens (tertiary/aromatic N) is 5. The minimum Gasteiger partial charge on any atom is -0.454 e. The van der Waals surface area contributed by atoms with Crippen LogP contribution in [0.2, 0.25) is 0 Å². The lowest BCUT2D eigenvalue weighted by Gasteiger charge is -2.03. The number of aromatic nitrogens is 5. The van der Waals surface area contributed by atoms with Gasteiger partial charge in [-0.05, 0) is 44.2 Å². The minimum absolute atomic E-state index is 0.217. The van der Waals surface area contributed by atoms with Crippen LogP contribution in [0.25, 0.3) is 28.7 Å². The maximum absolute atomic E-state index is 5.42. The first-order chi connectivity index (χ1) is 13.2. The molecule has 0 unspecified atom stereocenters. The molecule has 0 bridgehead atoms. The SMILES string of the molecule is Cc1ccc(-n2nnc(-c3noc(-c4ccc5c(c4)OCO5)n3)c2C)cc1. The Bertz CT molecular complexity index is 1130. The van der Waals surface area contributed by atoms with E-state index in [-0.39, 0.29) is 6.79 Å². The van der Waals surface area contributed by atoms with Gasteiger partial charge in [0.1, 0.15) is 0 Å². The van der Waals surface area contributed by atoms with Crippen LogP contribution < -0.4 is 9.47 Å². The number of hydrogen-bond acceptors (Lipinski definition) is 7. The summed E-state index contributed by atoms with van der Waals surface area (Å²) in [5.41, 5.74) is 4.27. The van der Waals surface area contributed by atoms with E-state index in [1.807, 2.05) is 56.3 Å². The Morgan fingerprint density at radius 2 is 1.78 bits per heavy atom. The van der Waals surface area contributed by atoms with Crippen LogP contribution >= 0.6 is 0 Å². The normalized spacial score (nSPS) is 12.5. The van der Waals surface area contributed by atoms with E-state index in [9.17, 15) is 0 Å². The fourth-order valence-corrected chi connectivity index (χ4v) is 2.93. The summed E-state index contributed by atoms with van der Waals surface area (Å²) in [7, 11) is 0. The Morgan fingerprint density at radius 3 is 2.63 bits per heavy atom. The fraction of sp³-hybridized carbons (Fsp3) is 0.158. The van der Waals surface area contributed by atoms with E-state index in [0.29, 0.717) is 28.9 Å². The second-order valence-electron chi connectivity index (χ2n) is 6.26. The number of ether oxygens (including phenoxy) is 2. The zero-order chi connectivity index (χ0) is 18.4. The van der Waals surface area contributed by atoms with Crippen LogP contribution in [-0.4, -0.2) is 31.9 Å². The van der Waals surface area contributed by atoms with Crippen molar-refractivity contribution in [2.24, 2.45) is 0 Å². The Kier molecular flexibility index (Phi) is 3.43. The Balaban J connectivity index is 1.49. The molecule has 2 aromatic carbocycles. The summed E-state index contributed by atoms with van der Waals surface area (Å²) in [5.74, 6) is 2.13. The standard InChI is InChI=1S/C19H15N5O3/c1-11-3-6-14(7-4-11)24-12(2)17(21-23-24)18-20-19(27-22-18)13-5-8-15-16(9-13)26-10-25-15/h3-9H,10H2,1-2H3. The predicted octanol–water partition coefficient (Wildman–Crippen LogP) is 3.33. The monoisotopic (exact) mass is 361 g/mol. The molecule has 0 amide bonds. The molecule has 0 aliphatic carbocycles. The zero-order valence-corrected chi connectivity index (χ0v) is 14.7. The average Bonchev–Trinajstić information content (AvgIpc) is 3.41. The second kappa shape index (κ2) is 5.94. The van der Waals surface area contributed by atoms with Crippen molar-refractivity contribution < 1.29 is 14.0 Å². The molecule has 27 heavy (non-hydrogen) atoms. The molecule has 1 aliphatic heterocycles. The summed E-state index contributed by atoms with van der Waals surface area (Å²) in [5, 5.41) is 12.5. The molecule has 134 valence electrons. The molecule has 3 heterocycles. The van der Waals surface area contributed by atoms with Gasteiger partial charge in [0, 0.05) is 5.56 Å². The maximum atomic E-state index is 5.42. The summed E-state index contributed by atoms with van der Waals surface area (Å²) in [4.78, 5) is 4.47. The molecule has 5 rings (SSSR count). The zero-order valence-electron chi connectivity index (χ0n) is 14.7. The summed E-state index contributed by atoms with van der Waals surface area (Å²) < 4.78 is 17.9. The van der Waals surface area contributed by atoms with Crippen molar-refractivity contribution in [1.29, 1.82) is 0 Å². The molecular formula is C19H15N5O3. The number of rotatable bonds is 3. The number of aryl methyl sites for hydroxylation is 1. The van der Waals surface area contributed by atoms with E-state index in [4.69, 9.17) is 14.0 Å². The van der Waals surface area contributed by atoms with Crippen LogP contribution in [0.5, 0.6) is 11.5 Å². The van der Waals surface area contributed by atoms with Gasteiger partial charge in [0.05, 0.1) is 11.4 Å². The lowest BCUT2D eigenvalue weighted by molar-refractivity contribution is 0.174. The van der Waals surface area contributed by atoms with Gasteiger partial charge in [-0.2, -0.15) is 4.98 Å². The first-order valence-electron chi connectivity index (χ1n) is 8.42. The molecule has 0 saturated carbocycles. The molecule has 0 radical (unpaired) electrons. The number of fused-ring (bicyclic) bond motifs is 1. The Labute approximate surface area is 154 Å². The second-order valence-corrected chi connectivity index (χ2v) is 6.26. The quantitative estimate of drug-likeness (QED) is 0.553. The van der Waals surface area contributed by atoms with Gasteiger partial charge in [0.2, 0.25) is 12.6 Å². The van der Waals surface area contributed by atoms with Crippen molar-refractivity contribution in [1.82, 2.24) is 25.1 Å². The average molecular weight is 361 g/mol. The van der Waals surface area contributed by atoms with Crippen LogP contribution in [0, 0.1) is 13.8 Å². The lowest BCUT2D eigenvalue weighted by atomic mass is 10.2. The van der Waals surface area contributed by atoms with Crippen molar-refractivity contribution in [2.45, 2.75) is 13.8 Å². The molecule has 0 atom stereocenters. The van der Waals surface area contributed by atoms with E-state index in [1.54, 1.807) is 4.68 Å². The molecule has 1 aliphatic rings. The molecule has 0 saturated heterocycles. The number of hydrogen-bond donors (Lipinski definition) is 0. The third-order valence-corrected chi connectivity index (χ3v) is 4.43. The van der Waals surface area contributed by atoms with Crippen molar-refractivity contribution in [2.75, 3.05) is 6.79 Å². The summed E-state index contributed by atoms with van der Waals surface area (Å²) in [6, 6.07) is 13.5. The van der Waals surface area contributed by atoms with Crippen LogP contribution in [0.4, 0.5) is 0 Å². The van der Waals surface area contributed by atoms with Crippen molar-refractivity contribution in [3.8, 4) is 40.2 Å². The summed E-state index contributed by atoms with van der Waals surface area (Å²) in [6.45, 7) is 4.18. The summed E-state index contributed by atoms with van der Waals surface area (Å²) in [6.07, 6.45) is 0. The highest BCUT2D eigenvalue weighted by Gasteiger charge is 2.20. The Hall–Kier alpha value is -3.68. The van der Waals surface area contributed by atoms with Gasteiger partial charge in [-0.25, -0.2) is 4.68 Å². The lowest BCUT2D eigenvalue weighted by Crippen LogP contribution is -1.99. The largest absolute Gasteiger partial charge is 0.454 e. The summed E-state index contributed by atoms with van der Waals surface area (Å²) >= 11 is 0. The highest BCUT2D eigenvalue weighted by atomic mass is 16.7. The van der Waals surface area contributed by atoms with E-state index in [2.05, 4.69) is 20.5 Å². The molecule has 4 aromatic rings. The molecular weight excluding hydrogens is 346 g/mol. The van der Waals surface area contributed by atoms with Gasteiger partial charge in [0.15, 0.2) is 17.2 Å². The van der Waals surface area contributed by atoms with Crippen molar-refractivity contribution in [3.05, 3.63) is 53.7 Å². The van der Waals surface area contributed by atoms with Crippen molar-refractivity contribution >= 4 is 0 Å². The first kappa shape index (κ1) is 15.6. The molecule has 0 spiro atoms. The van der Waals surface area contributed by atoms with Gasteiger partial charge >= 0.3 is 0 Å². The van der Waals surface area contributed by atoms with Gasteiger partial charge in [-0.3, -0.25) is 0 Å². The van der Waals surface area contributed by atoms with E-state index in [0.717, 1.165) is 16.9 Å². The first-order valence-corrected chi connectivity index (χ1v) is 8.42. The van der Waals surface area contributed by atoms with Gasteiger partial charge < -0.3 is 14.0 Å². The van der Waals surface area contributed by atoms with E-state index in [1.165, 1.54) is 5.56 Å². The minimum atomic E-state index is 0.217. The topological polar surface area (TPSA) is 88.1 Å². The predicted molar refractivity (Wildman–Crippen MR) is 95.7 cm³/mol. The fourth-order valence-electron chi connectivity index (χ4n) is 2.93. The number of benzene rings is 2. The van der Waals surface area contributed by atoms with E-state index >= 15 is 0 Å². The molecule has 0 N–H and O–H groups in total. The van der Waals surface area contributed by atoms with E-state index < -0.39 is 0 Å². The smallest absolute Gasteiger partial charge is 0.258 e. The van der Waals surface area contributed by atoms with Crippen LogP contribution in [-0.2, 0) is 0 Å². The van der Waals surface area contributed by atoms with Crippen molar-refractivity contribution in [3.63, 3.8) is 0 Å². The molecule has 8 nitrogen and oxygen atoms in total. The third kappa shape index (κ3) is 2.62. The highest BCUT2D eigenvalue weighted by Crippen LogP contribution is 2.35. The molecule has 8 heteroatoms. The molecule has 0 fully saturated rings. The van der Waals surface area contributed by atoms with Crippen LogP contribution in [0.1, 0.15) is 11.3 Å².